The van der Waals surface area contributed by atoms with Crippen molar-refractivity contribution in [3.05, 3.63) is 29.3 Å². The number of nitrogen functional groups attached to an aromatic ring is 1. The number of hydrogen-bond acceptors (Lipinski definition) is 4. The van der Waals surface area contributed by atoms with Gasteiger partial charge < -0.3 is 15.6 Å². The van der Waals surface area contributed by atoms with Crippen LogP contribution < -0.4 is 16.6 Å². The summed E-state index contributed by atoms with van der Waals surface area (Å²) in [5.74, 6) is 5.33. The molecule has 0 saturated carbocycles. The summed E-state index contributed by atoms with van der Waals surface area (Å²) in [5, 5.41) is 2.99. The van der Waals surface area contributed by atoms with Gasteiger partial charge in [-0.2, -0.15) is 0 Å². The van der Waals surface area contributed by atoms with Gasteiger partial charge in [0.2, 0.25) is 0 Å². The van der Waals surface area contributed by atoms with E-state index in [0.717, 1.165) is 17.8 Å². The molecule has 1 amide bonds. The first-order valence-electron chi connectivity index (χ1n) is 6.75. The molecule has 0 aliphatic carbocycles. The van der Waals surface area contributed by atoms with Crippen LogP contribution in [0.3, 0.4) is 0 Å². The Morgan fingerprint density at radius 1 is 1.35 bits per heavy atom. The molecule has 0 fully saturated rings. The molecule has 0 aliphatic rings. The van der Waals surface area contributed by atoms with Crippen molar-refractivity contribution < 1.29 is 4.79 Å². The number of benzene rings is 1. The van der Waals surface area contributed by atoms with Crippen molar-refractivity contribution in [3.8, 4) is 0 Å². The topological polar surface area (TPSA) is 70.4 Å². The van der Waals surface area contributed by atoms with Crippen LogP contribution in [0.5, 0.6) is 0 Å². The molecule has 112 valence electrons. The maximum absolute atomic E-state index is 12.2. The monoisotopic (exact) mass is 278 g/mol. The number of nitrogens with two attached hydrogens (primary N) is 1. The molecule has 0 aromatic heterocycles. The van der Waals surface area contributed by atoms with E-state index in [4.69, 9.17) is 5.84 Å². The fourth-order valence-electron chi connectivity index (χ4n) is 2.30. The van der Waals surface area contributed by atoms with Gasteiger partial charge in [-0.25, -0.2) is 0 Å². The second kappa shape index (κ2) is 6.72. The Hall–Kier alpha value is -1.59. The Morgan fingerprint density at radius 2 is 2.00 bits per heavy atom. The minimum Gasteiger partial charge on any atom is -0.351 e. The van der Waals surface area contributed by atoms with E-state index in [9.17, 15) is 4.79 Å². The Bertz CT molecular complexity index is 469. The van der Waals surface area contributed by atoms with E-state index >= 15 is 0 Å². The third-order valence-electron chi connectivity index (χ3n) is 3.12. The number of amides is 1. The molecule has 4 N–H and O–H groups in total. The van der Waals surface area contributed by atoms with Crippen molar-refractivity contribution >= 4 is 11.6 Å². The van der Waals surface area contributed by atoms with Gasteiger partial charge in [-0.15, -0.1) is 0 Å². The number of aryl methyl sites for hydroxylation is 1. The molecule has 0 radical (unpaired) electrons. The van der Waals surface area contributed by atoms with Crippen LogP contribution in [0.25, 0.3) is 0 Å². The Balaban J connectivity index is 2.65. The summed E-state index contributed by atoms with van der Waals surface area (Å²) in [6.07, 6.45) is 0. The minimum absolute atomic E-state index is 0.0347. The highest BCUT2D eigenvalue weighted by atomic mass is 16.1. The second-order valence-electron chi connectivity index (χ2n) is 6.26. The first-order valence-corrected chi connectivity index (χ1v) is 6.75. The summed E-state index contributed by atoms with van der Waals surface area (Å²) in [4.78, 5) is 14.3. The van der Waals surface area contributed by atoms with Crippen LogP contribution in [-0.4, -0.2) is 38.0 Å². The van der Waals surface area contributed by atoms with Gasteiger partial charge in [0.25, 0.3) is 5.91 Å². The number of anilines is 1. The third-order valence-corrected chi connectivity index (χ3v) is 3.12. The molecule has 0 bridgehead atoms. The average molecular weight is 278 g/mol. The summed E-state index contributed by atoms with van der Waals surface area (Å²) in [7, 11) is 4.07. The fraction of sp³-hybridized carbons (Fsp3) is 0.533. The van der Waals surface area contributed by atoms with Crippen LogP contribution in [-0.2, 0) is 0 Å². The van der Waals surface area contributed by atoms with Gasteiger partial charge >= 0.3 is 0 Å². The molecule has 0 spiro atoms. The van der Waals surface area contributed by atoms with Gasteiger partial charge in [-0.05, 0) is 50.2 Å². The highest BCUT2D eigenvalue weighted by Gasteiger charge is 2.20. The van der Waals surface area contributed by atoms with Crippen LogP contribution in [0.15, 0.2) is 18.2 Å². The standard InChI is InChI=1S/C15H26N4O/c1-11-8-12(6-7-13(11)18-16)14(20)17-9-15(2,3)10-19(4)5/h6-8,18H,9-10,16H2,1-5H3,(H,17,20). The SMILES string of the molecule is Cc1cc(C(=O)NCC(C)(C)CN(C)C)ccc1NN. The van der Waals surface area contributed by atoms with Gasteiger partial charge in [0.05, 0.1) is 5.69 Å². The van der Waals surface area contributed by atoms with Crippen molar-refractivity contribution in [2.24, 2.45) is 11.3 Å². The van der Waals surface area contributed by atoms with Gasteiger partial charge in [0.1, 0.15) is 0 Å². The van der Waals surface area contributed by atoms with Crippen molar-refractivity contribution in [2.45, 2.75) is 20.8 Å². The summed E-state index contributed by atoms with van der Waals surface area (Å²) in [6.45, 7) is 7.75. The van der Waals surface area contributed by atoms with E-state index < -0.39 is 0 Å². The zero-order valence-electron chi connectivity index (χ0n) is 13.1. The number of carbonyl (C=O) groups is 1. The number of nitrogens with zero attached hydrogens (tertiary/aromatic N) is 1. The Labute approximate surface area is 121 Å². The molecule has 20 heavy (non-hydrogen) atoms. The number of carbonyl (C=O) groups excluding carboxylic acids is 1. The lowest BCUT2D eigenvalue weighted by molar-refractivity contribution is 0.0929. The van der Waals surface area contributed by atoms with E-state index in [-0.39, 0.29) is 11.3 Å². The van der Waals surface area contributed by atoms with Gasteiger partial charge in [-0.3, -0.25) is 10.6 Å². The number of hydrazine groups is 1. The maximum atomic E-state index is 12.2. The van der Waals surface area contributed by atoms with Crippen molar-refractivity contribution in [1.29, 1.82) is 0 Å². The molecule has 1 aromatic carbocycles. The lowest BCUT2D eigenvalue weighted by Crippen LogP contribution is -2.40. The van der Waals surface area contributed by atoms with E-state index in [1.807, 2.05) is 33.2 Å². The largest absolute Gasteiger partial charge is 0.351 e. The maximum Gasteiger partial charge on any atom is 0.251 e. The van der Waals surface area contributed by atoms with Crippen LogP contribution in [0.1, 0.15) is 29.8 Å². The van der Waals surface area contributed by atoms with Crippen LogP contribution in [0.2, 0.25) is 0 Å². The molecule has 0 unspecified atom stereocenters. The second-order valence-corrected chi connectivity index (χ2v) is 6.26. The van der Waals surface area contributed by atoms with Crippen LogP contribution in [0, 0.1) is 12.3 Å². The summed E-state index contributed by atoms with van der Waals surface area (Å²) in [5.41, 5.74) is 5.07. The Kier molecular flexibility index (Phi) is 5.53. The number of hydrogen-bond donors (Lipinski definition) is 3. The van der Waals surface area contributed by atoms with E-state index in [1.54, 1.807) is 6.07 Å². The van der Waals surface area contributed by atoms with Crippen LogP contribution >= 0.6 is 0 Å². The lowest BCUT2D eigenvalue weighted by atomic mass is 9.93. The fourth-order valence-corrected chi connectivity index (χ4v) is 2.30. The average Bonchev–Trinajstić information content (AvgIpc) is 2.34. The highest BCUT2D eigenvalue weighted by Crippen LogP contribution is 2.17. The zero-order chi connectivity index (χ0) is 15.3. The lowest BCUT2D eigenvalue weighted by Gasteiger charge is -2.28. The van der Waals surface area contributed by atoms with Crippen molar-refractivity contribution in [1.82, 2.24) is 10.2 Å². The van der Waals surface area contributed by atoms with Gasteiger partial charge in [0, 0.05) is 18.7 Å². The summed E-state index contributed by atoms with van der Waals surface area (Å²) in [6, 6.07) is 5.43. The molecule has 1 aromatic rings. The van der Waals surface area contributed by atoms with Crippen molar-refractivity contribution in [2.75, 3.05) is 32.6 Å². The molecular formula is C15H26N4O. The summed E-state index contributed by atoms with van der Waals surface area (Å²) < 4.78 is 0. The zero-order valence-corrected chi connectivity index (χ0v) is 13.1. The van der Waals surface area contributed by atoms with Crippen LogP contribution in [0.4, 0.5) is 5.69 Å². The number of rotatable bonds is 6. The van der Waals surface area contributed by atoms with Gasteiger partial charge in [-0.1, -0.05) is 13.8 Å². The molecule has 5 heteroatoms. The summed E-state index contributed by atoms with van der Waals surface area (Å²) >= 11 is 0. The molecule has 0 saturated heterocycles. The molecule has 0 atom stereocenters. The van der Waals surface area contributed by atoms with E-state index in [1.165, 1.54) is 0 Å². The van der Waals surface area contributed by atoms with Crippen molar-refractivity contribution in [3.63, 3.8) is 0 Å². The predicted octanol–water partition coefficient (Wildman–Crippen LogP) is 1.60. The van der Waals surface area contributed by atoms with E-state index in [0.29, 0.717) is 12.1 Å². The molecule has 0 heterocycles. The predicted molar refractivity (Wildman–Crippen MR) is 83.7 cm³/mol. The third kappa shape index (κ3) is 4.83. The quantitative estimate of drug-likeness (QED) is 0.546. The highest BCUT2D eigenvalue weighted by molar-refractivity contribution is 5.94. The first-order chi connectivity index (χ1) is 9.25. The van der Waals surface area contributed by atoms with E-state index in [2.05, 4.69) is 29.5 Å². The van der Waals surface area contributed by atoms with Gasteiger partial charge in [0.15, 0.2) is 0 Å². The molecule has 0 aliphatic heterocycles. The Morgan fingerprint density at radius 3 is 2.50 bits per heavy atom. The number of nitrogens with one attached hydrogen (secondary N) is 2. The molecule has 1 rings (SSSR count). The first kappa shape index (κ1) is 16.5. The normalized spacial score (nSPS) is 11.6. The minimum atomic E-state index is -0.0523. The molecule has 5 nitrogen and oxygen atoms in total. The molecular weight excluding hydrogens is 252 g/mol. The smallest absolute Gasteiger partial charge is 0.251 e.